The van der Waals surface area contributed by atoms with E-state index in [0.29, 0.717) is 22.2 Å². The molecule has 86 valence electrons. The van der Waals surface area contributed by atoms with E-state index in [1.54, 1.807) is 0 Å². The first kappa shape index (κ1) is 10.5. The molecule has 0 spiro atoms. The van der Waals surface area contributed by atoms with Gasteiger partial charge in [0.1, 0.15) is 5.01 Å². The lowest BCUT2D eigenvalue weighted by atomic mass is 10.4. The number of hydrogen-bond acceptors (Lipinski definition) is 7. The van der Waals surface area contributed by atoms with Crippen molar-refractivity contribution in [1.29, 1.82) is 0 Å². The van der Waals surface area contributed by atoms with Crippen molar-refractivity contribution in [3.63, 3.8) is 0 Å². The zero-order chi connectivity index (χ0) is 11.8. The molecule has 3 rings (SSSR count). The summed E-state index contributed by atoms with van der Waals surface area (Å²) < 4.78 is 1.26. The molecule has 0 amide bonds. The first-order valence-corrected chi connectivity index (χ1v) is 6.48. The van der Waals surface area contributed by atoms with E-state index in [1.807, 2.05) is 17.5 Å². The van der Waals surface area contributed by atoms with E-state index in [2.05, 4.69) is 15.3 Å². The van der Waals surface area contributed by atoms with Gasteiger partial charge in [-0.3, -0.25) is 4.79 Å². The molecule has 0 aliphatic carbocycles. The van der Waals surface area contributed by atoms with Gasteiger partial charge in [-0.25, -0.2) is 0 Å². The Labute approximate surface area is 103 Å². The molecule has 2 N–H and O–H groups in total. The van der Waals surface area contributed by atoms with E-state index >= 15 is 0 Å². The minimum Gasteiger partial charge on any atom is -0.324 e. The van der Waals surface area contributed by atoms with E-state index in [-0.39, 0.29) is 5.56 Å². The monoisotopic (exact) mass is 265 g/mol. The standard InChI is InChI=1S/C9H7N5OS2/c10-4-6-13-14-8(15)7(5-2-1-3-16-5)11-12-9(14)17-6/h1-3H,4,10H2. The maximum Gasteiger partial charge on any atom is 0.302 e. The van der Waals surface area contributed by atoms with Gasteiger partial charge in [0.05, 0.1) is 4.88 Å². The van der Waals surface area contributed by atoms with Gasteiger partial charge in [-0.05, 0) is 11.4 Å². The van der Waals surface area contributed by atoms with Crippen LogP contribution in [0.25, 0.3) is 15.5 Å². The Kier molecular flexibility index (Phi) is 2.46. The molecule has 0 saturated carbocycles. The van der Waals surface area contributed by atoms with Crippen molar-refractivity contribution in [2.24, 2.45) is 5.73 Å². The summed E-state index contributed by atoms with van der Waals surface area (Å²) in [6.45, 7) is 0.293. The maximum atomic E-state index is 12.1. The number of nitrogens with two attached hydrogens (primary N) is 1. The van der Waals surface area contributed by atoms with Gasteiger partial charge in [0.25, 0.3) is 0 Å². The maximum absolute atomic E-state index is 12.1. The molecular weight excluding hydrogens is 258 g/mol. The summed E-state index contributed by atoms with van der Waals surface area (Å²) >= 11 is 2.72. The normalized spacial score (nSPS) is 11.1. The van der Waals surface area contributed by atoms with Crippen molar-refractivity contribution in [3.8, 4) is 10.6 Å². The van der Waals surface area contributed by atoms with Gasteiger partial charge in [0, 0.05) is 6.54 Å². The predicted molar refractivity (Wildman–Crippen MR) is 66.1 cm³/mol. The van der Waals surface area contributed by atoms with Gasteiger partial charge in [-0.1, -0.05) is 17.4 Å². The van der Waals surface area contributed by atoms with Gasteiger partial charge in [-0.15, -0.1) is 21.5 Å². The molecule has 0 radical (unpaired) electrons. The Morgan fingerprint density at radius 3 is 3.00 bits per heavy atom. The third kappa shape index (κ3) is 1.66. The summed E-state index contributed by atoms with van der Waals surface area (Å²) in [5, 5.41) is 14.6. The molecule has 0 unspecified atom stereocenters. The van der Waals surface area contributed by atoms with Crippen LogP contribution in [0.1, 0.15) is 5.01 Å². The number of nitrogens with zero attached hydrogens (tertiary/aromatic N) is 4. The molecule has 0 aliphatic rings. The van der Waals surface area contributed by atoms with Crippen LogP contribution in [-0.4, -0.2) is 19.8 Å². The topological polar surface area (TPSA) is 86.2 Å². The molecule has 0 atom stereocenters. The van der Waals surface area contributed by atoms with Crippen molar-refractivity contribution in [2.75, 3.05) is 0 Å². The van der Waals surface area contributed by atoms with Crippen LogP contribution in [0, 0.1) is 0 Å². The molecule has 6 nitrogen and oxygen atoms in total. The van der Waals surface area contributed by atoms with Crippen LogP contribution in [-0.2, 0) is 6.54 Å². The Morgan fingerprint density at radius 1 is 1.41 bits per heavy atom. The zero-order valence-electron chi connectivity index (χ0n) is 8.53. The second kappa shape index (κ2) is 3.99. The Hall–Kier alpha value is -1.64. The molecule has 3 heterocycles. The van der Waals surface area contributed by atoms with Crippen LogP contribution in [0.3, 0.4) is 0 Å². The second-order valence-electron chi connectivity index (χ2n) is 3.23. The van der Waals surface area contributed by atoms with Crippen molar-refractivity contribution in [3.05, 3.63) is 32.9 Å². The third-order valence-electron chi connectivity index (χ3n) is 2.16. The van der Waals surface area contributed by atoms with E-state index < -0.39 is 0 Å². The zero-order valence-corrected chi connectivity index (χ0v) is 10.2. The summed E-state index contributed by atoms with van der Waals surface area (Å²) in [6.07, 6.45) is 0. The number of hydrogen-bond donors (Lipinski definition) is 1. The highest BCUT2D eigenvalue weighted by atomic mass is 32.1. The summed E-state index contributed by atoms with van der Waals surface area (Å²) in [6, 6.07) is 3.70. The van der Waals surface area contributed by atoms with E-state index in [9.17, 15) is 4.79 Å². The molecule has 0 aliphatic heterocycles. The largest absolute Gasteiger partial charge is 0.324 e. The second-order valence-corrected chi connectivity index (χ2v) is 5.21. The van der Waals surface area contributed by atoms with Crippen LogP contribution in [0.15, 0.2) is 22.3 Å². The van der Waals surface area contributed by atoms with Crippen LogP contribution in [0.5, 0.6) is 0 Å². The van der Waals surface area contributed by atoms with Crippen molar-refractivity contribution in [1.82, 2.24) is 19.8 Å². The lowest BCUT2D eigenvalue weighted by Crippen LogP contribution is -2.18. The fourth-order valence-electron chi connectivity index (χ4n) is 1.40. The quantitative estimate of drug-likeness (QED) is 0.738. The minimum absolute atomic E-state index is 0.256. The number of rotatable bonds is 2. The molecule has 0 bridgehead atoms. The third-order valence-corrected chi connectivity index (χ3v) is 3.96. The smallest absolute Gasteiger partial charge is 0.302 e. The Balaban J connectivity index is 2.29. The first-order valence-electron chi connectivity index (χ1n) is 4.79. The molecule has 0 fully saturated rings. The molecule has 3 aromatic heterocycles. The van der Waals surface area contributed by atoms with Crippen molar-refractivity contribution >= 4 is 27.6 Å². The predicted octanol–water partition coefficient (Wildman–Crippen LogP) is 0.733. The Bertz CT molecular complexity index is 715. The van der Waals surface area contributed by atoms with Gasteiger partial charge < -0.3 is 5.73 Å². The lowest BCUT2D eigenvalue weighted by molar-refractivity contribution is 0.827. The van der Waals surface area contributed by atoms with Crippen LogP contribution in [0.4, 0.5) is 0 Å². The van der Waals surface area contributed by atoms with Gasteiger partial charge in [0.2, 0.25) is 4.96 Å². The highest BCUT2D eigenvalue weighted by molar-refractivity contribution is 7.16. The minimum atomic E-state index is -0.256. The molecule has 17 heavy (non-hydrogen) atoms. The van der Waals surface area contributed by atoms with Gasteiger partial charge in [-0.2, -0.15) is 9.61 Å². The first-order chi connectivity index (χ1) is 8.29. The average Bonchev–Trinajstić information content (AvgIpc) is 2.97. The summed E-state index contributed by atoms with van der Waals surface area (Å²) in [7, 11) is 0. The molecular formula is C9H7N5OS2. The van der Waals surface area contributed by atoms with E-state index in [4.69, 9.17) is 5.73 Å². The van der Waals surface area contributed by atoms with Gasteiger partial charge >= 0.3 is 5.56 Å². The lowest BCUT2D eigenvalue weighted by Gasteiger charge is -1.94. The Morgan fingerprint density at radius 2 is 2.29 bits per heavy atom. The summed E-state index contributed by atoms with van der Waals surface area (Å²) in [5.74, 6) is 0. The molecule has 0 saturated heterocycles. The van der Waals surface area contributed by atoms with Crippen LogP contribution in [0.2, 0.25) is 0 Å². The van der Waals surface area contributed by atoms with E-state index in [1.165, 1.54) is 27.2 Å². The summed E-state index contributed by atoms with van der Waals surface area (Å²) in [4.78, 5) is 13.4. The van der Waals surface area contributed by atoms with E-state index in [0.717, 1.165) is 4.88 Å². The highest BCUT2D eigenvalue weighted by Gasteiger charge is 2.13. The number of fused-ring (bicyclic) bond motifs is 1. The summed E-state index contributed by atoms with van der Waals surface area (Å²) in [5.41, 5.74) is 5.55. The van der Waals surface area contributed by atoms with Crippen LogP contribution < -0.4 is 11.3 Å². The molecule has 0 aromatic carbocycles. The average molecular weight is 265 g/mol. The SMILES string of the molecule is NCc1nn2c(=O)c(-c3cccs3)nnc2s1. The number of thiophene rings is 1. The van der Waals surface area contributed by atoms with Crippen molar-refractivity contribution in [2.45, 2.75) is 6.54 Å². The van der Waals surface area contributed by atoms with Crippen molar-refractivity contribution < 1.29 is 0 Å². The fourth-order valence-corrected chi connectivity index (χ4v) is 2.81. The van der Waals surface area contributed by atoms with Crippen LogP contribution >= 0.6 is 22.7 Å². The fraction of sp³-hybridized carbons (Fsp3) is 0.111. The number of aromatic nitrogens is 4. The molecule has 3 aromatic rings. The molecule has 8 heteroatoms. The highest BCUT2D eigenvalue weighted by Crippen LogP contribution is 2.19. The van der Waals surface area contributed by atoms with Gasteiger partial charge in [0.15, 0.2) is 5.69 Å².